The molecule has 0 radical (unpaired) electrons. The first-order chi connectivity index (χ1) is 8.06. The quantitative estimate of drug-likeness (QED) is 0.638. The lowest BCUT2D eigenvalue weighted by Crippen LogP contribution is -2.35. The second-order valence-electron chi connectivity index (χ2n) is 4.37. The van der Waals surface area contributed by atoms with Gasteiger partial charge in [0.15, 0.2) is 0 Å². The number of carbonyl (C=O) groups excluding carboxylic acids is 2. The molecule has 0 aromatic rings. The smallest absolute Gasteiger partial charge is 0.407 e. The number of nitrogens with one attached hydrogen (secondary N) is 2. The van der Waals surface area contributed by atoms with Crippen molar-refractivity contribution in [3.63, 3.8) is 0 Å². The van der Waals surface area contributed by atoms with E-state index in [1.807, 2.05) is 20.8 Å². The average molecular weight is 244 g/mol. The van der Waals surface area contributed by atoms with E-state index in [2.05, 4.69) is 10.6 Å². The molecule has 2 amide bonds. The topological polar surface area (TPSA) is 67.4 Å². The van der Waals surface area contributed by atoms with E-state index in [1.54, 1.807) is 0 Å². The summed E-state index contributed by atoms with van der Waals surface area (Å²) < 4.78 is 4.91. The largest absolute Gasteiger partial charge is 0.449 e. The first-order valence-electron chi connectivity index (χ1n) is 6.23. The van der Waals surface area contributed by atoms with Crippen LogP contribution in [-0.4, -0.2) is 31.7 Å². The molecule has 5 nitrogen and oxygen atoms in total. The lowest BCUT2D eigenvalue weighted by molar-refractivity contribution is -0.121. The van der Waals surface area contributed by atoms with Crippen molar-refractivity contribution in [3.05, 3.63) is 0 Å². The summed E-state index contributed by atoms with van der Waals surface area (Å²) in [4.78, 5) is 22.3. The number of amides is 2. The fourth-order valence-corrected chi connectivity index (χ4v) is 1.09. The molecule has 0 atom stereocenters. The predicted molar refractivity (Wildman–Crippen MR) is 66.7 cm³/mol. The van der Waals surface area contributed by atoms with Crippen LogP contribution < -0.4 is 10.6 Å². The van der Waals surface area contributed by atoms with Crippen LogP contribution >= 0.6 is 0 Å². The lowest BCUT2D eigenvalue weighted by atomic mass is 10.2. The molecule has 0 aliphatic heterocycles. The molecule has 2 N–H and O–H groups in total. The maximum atomic E-state index is 11.2. The number of unbranched alkanes of at least 4 members (excludes halogenated alkanes) is 1. The van der Waals surface area contributed by atoms with Gasteiger partial charge in [0, 0.05) is 19.5 Å². The number of rotatable bonds is 8. The highest BCUT2D eigenvalue weighted by Crippen LogP contribution is 1.93. The summed E-state index contributed by atoms with van der Waals surface area (Å²) in [5.41, 5.74) is 0. The molecule has 0 aliphatic carbocycles. The Hall–Kier alpha value is -1.26. The van der Waals surface area contributed by atoms with E-state index in [0.717, 1.165) is 12.8 Å². The number of ether oxygens (including phenoxy) is 1. The monoisotopic (exact) mass is 244 g/mol. The summed E-state index contributed by atoms with van der Waals surface area (Å²) in [5.74, 6) is 0.360. The summed E-state index contributed by atoms with van der Waals surface area (Å²) in [5, 5.41) is 5.30. The van der Waals surface area contributed by atoms with Gasteiger partial charge in [-0.05, 0) is 12.3 Å². The summed E-state index contributed by atoms with van der Waals surface area (Å²) >= 11 is 0. The van der Waals surface area contributed by atoms with Gasteiger partial charge in [0.25, 0.3) is 0 Å². The Kier molecular flexibility index (Phi) is 9.19. The van der Waals surface area contributed by atoms with Gasteiger partial charge in [-0.2, -0.15) is 0 Å². The van der Waals surface area contributed by atoms with Crippen LogP contribution in [0.25, 0.3) is 0 Å². The Bertz CT molecular complexity index is 230. The first kappa shape index (κ1) is 15.7. The van der Waals surface area contributed by atoms with Crippen molar-refractivity contribution in [2.24, 2.45) is 5.92 Å². The van der Waals surface area contributed by atoms with Gasteiger partial charge in [0.05, 0.1) is 6.61 Å². The molecule has 0 spiro atoms. The fourth-order valence-electron chi connectivity index (χ4n) is 1.09. The van der Waals surface area contributed by atoms with Crippen LogP contribution in [0.2, 0.25) is 0 Å². The van der Waals surface area contributed by atoms with Gasteiger partial charge in [0.1, 0.15) is 0 Å². The van der Waals surface area contributed by atoms with Crippen molar-refractivity contribution in [2.75, 3.05) is 19.7 Å². The minimum atomic E-state index is -0.429. The summed E-state index contributed by atoms with van der Waals surface area (Å²) in [7, 11) is 0. The summed E-state index contributed by atoms with van der Waals surface area (Å²) in [6.07, 6.45) is 2.03. The Morgan fingerprint density at radius 2 is 1.82 bits per heavy atom. The van der Waals surface area contributed by atoms with Crippen molar-refractivity contribution in [2.45, 2.75) is 40.0 Å². The second-order valence-corrected chi connectivity index (χ2v) is 4.37. The van der Waals surface area contributed by atoms with Crippen LogP contribution in [0.1, 0.15) is 40.0 Å². The predicted octanol–water partition coefficient (Wildman–Crippen LogP) is 1.68. The van der Waals surface area contributed by atoms with Gasteiger partial charge in [0.2, 0.25) is 5.91 Å². The summed E-state index contributed by atoms with van der Waals surface area (Å²) in [6.45, 7) is 7.24. The van der Waals surface area contributed by atoms with E-state index >= 15 is 0 Å². The van der Waals surface area contributed by atoms with Gasteiger partial charge in [-0.25, -0.2) is 4.79 Å². The normalized spacial score (nSPS) is 10.1. The molecule has 5 heteroatoms. The average Bonchev–Trinajstić information content (AvgIpc) is 2.29. The maximum absolute atomic E-state index is 11.2. The maximum Gasteiger partial charge on any atom is 0.407 e. The van der Waals surface area contributed by atoms with Crippen molar-refractivity contribution in [1.82, 2.24) is 10.6 Å². The minimum absolute atomic E-state index is 0.0317. The zero-order chi connectivity index (χ0) is 13.1. The van der Waals surface area contributed by atoms with Crippen molar-refractivity contribution < 1.29 is 14.3 Å². The summed E-state index contributed by atoms with van der Waals surface area (Å²) in [6, 6.07) is 0. The van der Waals surface area contributed by atoms with Crippen molar-refractivity contribution >= 4 is 12.0 Å². The minimum Gasteiger partial charge on any atom is -0.449 e. The molecule has 0 fully saturated rings. The van der Waals surface area contributed by atoms with E-state index < -0.39 is 6.09 Å². The van der Waals surface area contributed by atoms with Crippen LogP contribution in [0, 0.1) is 5.92 Å². The molecule has 0 saturated carbocycles. The standard InChI is InChI=1S/C12H24N2O3/c1-4-5-6-11(15)13-7-8-14-12(16)17-9-10(2)3/h10H,4-9H2,1-3H3,(H,13,15)(H,14,16). The van der Waals surface area contributed by atoms with Crippen LogP contribution in [0.3, 0.4) is 0 Å². The molecule has 0 aromatic heterocycles. The van der Waals surface area contributed by atoms with Gasteiger partial charge < -0.3 is 15.4 Å². The molecular formula is C12H24N2O3. The Labute approximate surface area is 103 Å². The van der Waals surface area contributed by atoms with Gasteiger partial charge in [-0.15, -0.1) is 0 Å². The van der Waals surface area contributed by atoms with Crippen molar-refractivity contribution in [1.29, 1.82) is 0 Å². The third kappa shape index (κ3) is 11.0. The highest BCUT2D eigenvalue weighted by Gasteiger charge is 2.03. The molecule has 17 heavy (non-hydrogen) atoms. The van der Waals surface area contributed by atoms with E-state index in [-0.39, 0.29) is 5.91 Å². The molecule has 0 rings (SSSR count). The number of hydrogen-bond acceptors (Lipinski definition) is 3. The molecule has 0 bridgehead atoms. The third-order valence-corrected chi connectivity index (χ3v) is 2.02. The van der Waals surface area contributed by atoms with E-state index in [1.165, 1.54) is 0 Å². The molecule has 0 aromatic carbocycles. The molecule has 0 unspecified atom stereocenters. The zero-order valence-electron chi connectivity index (χ0n) is 11.0. The highest BCUT2D eigenvalue weighted by atomic mass is 16.5. The van der Waals surface area contributed by atoms with E-state index in [0.29, 0.717) is 32.0 Å². The Morgan fingerprint density at radius 1 is 1.18 bits per heavy atom. The van der Waals surface area contributed by atoms with Gasteiger partial charge in [-0.3, -0.25) is 4.79 Å². The van der Waals surface area contributed by atoms with Crippen molar-refractivity contribution in [3.8, 4) is 0 Å². The molecule has 0 aliphatic rings. The molecule has 100 valence electrons. The molecule has 0 heterocycles. The van der Waals surface area contributed by atoms with Crippen LogP contribution in [0.15, 0.2) is 0 Å². The van der Waals surface area contributed by atoms with E-state index in [9.17, 15) is 9.59 Å². The number of hydrogen-bond donors (Lipinski definition) is 2. The van der Waals surface area contributed by atoms with Crippen LogP contribution in [-0.2, 0) is 9.53 Å². The lowest BCUT2D eigenvalue weighted by Gasteiger charge is -2.09. The zero-order valence-corrected chi connectivity index (χ0v) is 11.0. The third-order valence-electron chi connectivity index (χ3n) is 2.02. The van der Waals surface area contributed by atoms with Crippen LogP contribution in [0.5, 0.6) is 0 Å². The Balaban J connectivity index is 3.38. The van der Waals surface area contributed by atoms with E-state index in [4.69, 9.17) is 4.74 Å². The molecule has 0 saturated heterocycles. The molecular weight excluding hydrogens is 220 g/mol. The second kappa shape index (κ2) is 9.93. The fraction of sp³-hybridized carbons (Fsp3) is 0.833. The SMILES string of the molecule is CCCCC(=O)NCCNC(=O)OCC(C)C. The first-order valence-corrected chi connectivity index (χ1v) is 6.23. The van der Waals surface area contributed by atoms with Gasteiger partial charge in [-0.1, -0.05) is 27.2 Å². The highest BCUT2D eigenvalue weighted by molar-refractivity contribution is 5.75. The number of alkyl carbamates (subject to hydrolysis) is 1. The number of carbonyl (C=O) groups is 2. The Morgan fingerprint density at radius 3 is 2.41 bits per heavy atom. The van der Waals surface area contributed by atoms with Crippen LogP contribution in [0.4, 0.5) is 4.79 Å². The van der Waals surface area contributed by atoms with Gasteiger partial charge >= 0.3 is 6.09 Å².